The molecule has 0 spiro atoms. The predicted molar refractivity (Wildman–Crippen MR) is 83.9 cm³/mol. The van der Waals surface area contributed by atoms with Crippen molar-refractivity contribution in [1.82, 2.24) is 0 Å². The third-order valence-electron chi connectivity index (χ3n) is 3.73. The van der Waals surface area contributed by atoms with Gasteiger partial charge in [-0.05, 0) is 43.4 Å². The van der Waals surface area contributed by atoms with Gasteiger partial charge < -0.3 is 10.5 Å². The number of benzene rings is 1. The maximum absolute atomic E-state index is 11.8. The molecule has 2 N–H and O–H groups in total. The Balaban J connectivity index is 1.90. The number of methoxy groups -OCH3 is 1. The average Bonchev–Trinajstić information content (AvgIpc) is 2.46. The average molecular weight is 314 g/mol. The zero-order chi connectivity index (χ0) is 14.6. The van der Waals surface area contributed by atoms with E-state index >= 15 is 0 Å². The van der Waals surface area contributed by atoms with Gasteiger partial charge in [0, 0.05) is 16.0 Å². The molecule has 0 saturated heterocycles. The number of rotatable bonds is 4. The molecule has 2 unspecified atom stereocenters. The van der Waals surface area contributed by atoms with E-state index in [0.29, 0.717) is 11.7 Å². The van der Waals surface area contributed by atoms with Gasteiger partial charge in [-0.1, -0.05) is 23.7 Å². The Kier molecular flexibility index (Phi) is 5.35. The fourth-order valence-corrected chi connectivity index (χ4v) is 4.08. The van der Waals surface area contributed by atoms with Crippen LogP contribution in [-0.4, -0.2) is 23.9 Å². The van der Waals surface area contributed by atoms with E-state index in [0.717, 1.165) is 30.0 Å². The molecule has 1 saturated carbocycles. The second-order valence-electron chi connectivity index (χ2n) is 5.30. The van der Waals surface area contributed by atoms with Crippen molar-refractivity contribution in [3.05, 3.63) is 34.9 Å². The number of halogens is 1. The first-order valence-electron chi connectivity index (χ1n) is 6.77. The number of hydrogen-bond donors (Lipinski definition) is 1. The molecule has 1 aromatic rings. The van der Waals surface area contributed by atoms with Gasteiger partial charge in [0.05, 0.1) is 7.11 Å². The van der Waals surface area contributed by atoms with Crippen LogP contribution < -0.4 is 5.73 Å². The quantitative estimate of drug-likeness (QED) is 0.866. The summed E-state index contributed by atoms with van der Waals surface area (Å²) in [4.78, 5) is 11.8. The SMILES string of the molecule is COC(=O)C1(N)CCCC(SCc2ccc(Cl)cc2)C1. The van der Waals surface area contributed by atoms with Gasteiger partial charge in [0.1, 0.15) is 5.54 Å². The monoisotopic (exact) mass is 313 g/mol. The Bertz CT molecular complexity index is 465. The molecule has 2 atom stereocenters. The molecule has 0 bridgehead atoms. The van der Waals surface area contributed by atoms with E-state index in [2.05, 4.69) is 0 Å². The van der Waals surface area contributed by atoms with Crippen LogP contribution in [0.1, 0.15) is 31.2 Å². The minimum Gasteiger partial charge on any atom is -0.468 e. The second-order valence-corrected chi connectivity index (χ2v) is 7.03. The molecule has 2 rings (SSSR count). The van der Waals surface area contributed by atoms with Crippen LogP contribution in [0.15, 0.2) is 24.3 Å². The van der Waals surface area contributed by atoms with Gasteiger partial charge in [-0.2, -0.15) is 11.8 Å². The van der Waals surface area contributed by atoms with Crippen molar-refractivity contribution in [3.63, 3.8) is 0 Å². The Hall–Kier alpha value is -0.710. The van der Waals surface area contributed by atoms with E-state index < -0.39 is 5.54 Å². The fourth-order valence-electron chi connectivity index (χ4n) is 2.58. The lowest BCUT2D eigenvalue weighted by molar-refractivity contribution is -0.148. The van der Waals surface area contributed by atoms with Crippen molar-refractivity contribution < 1.29 is 9.53 Å². The van der Waals surface area contributed by atoms with E-state index in [9.17, 15) is 4.79 Å². The first-order valence-corrected chi connectivity index (χ1v) is 8.19. The molecular weight excluding hydrogens is 294 g/mol. The van der Waals surface area contributed by atoms with E-state index in [4.69, 9.17) is 22.1 Å². The van der Waals surface area contributed by atoms with Crippen molar-refractivity contribution in [1.29, 1.82) is 0 Å². The van der Waals surface area contributed by atoms with Gasteiger partial charge in [-0.3, -0.25) is 4.79 Å². The zero-order valence-electron chi connectivity index (χ0n) is 11.6. The molecule has 1 aliphatic rings. The van der Waals surface area contributed by atoms with Crippen LogP contribution in [-0.2, 0) is 15.3 Å². The smallest absolute Gasteiger partial charge is 0.325 e. The molecule has 0 heterocycles. The van der Waals surface area contributed by atoms with Crippen molar-refractivity contribution in [2.24, 2.45) is 5.73 Å². The fraction of sp³-hybridized carbons (Fsp3) is 0.533. The van der Waals surface area contributed by atoms with E-state index in [1.54, 1.807) is 0 Å². The van der Waals surface area contributed by atoms with Crippen LogP contribution in [0.5, 0.6) is 0 Å². The molecule has 0 radical (unpaired) electrons. The molecule has 1 aromatic carbocycles. The van der Waals surface area contributed by atoms with Gasteiger partial charge >= 0.3 is 5.97 Å². The number of esters is 1. The first-order chi connectivity index (χ1) is 9.53. The summed E-state index contributed by atoms with van der Waals surface area (Å²) in [7, 11) is 1.40. The summed E-state index contributed by atoms with van der Waals surface area (Å²) in [6.45, 7) is 0. The number of ether oxygens (including phenoxy) is 1. The summed E-state index contributed by atoms with van der Waals surface area (Å²) in [6, 6.07) is 7.88. The Labute approximate surface area is 129 Å². The minimum absolute atomic E-state index is 0.283. The number of thioether (sulfide) groups is 1. The highest BCUT2D eigenvalue weighted by Gasteiger charge is 2.40. The van der Waals surface area contributed by atoms with E-state index in [1.165, 1.54) is 12.7 Å². The second kappa shape index (κ2) is 6.83. The van der Waals surface area contributed by atoms with E-state index in [-0.39, 0.29) is 5.97 Å². The molecule has 0 amide bonds. The lowest BCUT2D eigenvalue weighted by Crippen LogP contribution is -2.52. The number of hydrogen-bond acceptors (Lipinski definition) is 4. The first kappa shape index (κ1) is 15.7. The maximum Gasteiger partial charge on any atom is 0.325 e. The standard InChI is InChI=1S/C15H20ClNO2S/c1-19-14(18)15(17)8-2-3-13(9-15)20-10-11-4-6-12(16)7-5-11/h4-7,13H,2-3,8-10,17H2,1H3. The molecule has 0 aliphatic heterocycles. The zero-order valence-corrected chi connectivity index (χ0v) is 13.2. The van der Waals surface area contributed by atoms with Gasteiger partial charge in [-0.15, -0.1) is 0 Å². The Morgan fingerprint density at radius 2 is 2.20 bits per heavy atom. The molecule has 5 heteroatoms. The van der Waals surface area contributed by atoms with Crippen LogP contribution in [0.3, 0.4) is 0 Å². The lowest BCUT2D eigenvalue weighted by atomic mass is 9.82. The molecule has 3 nitrogen and oxygen atoms in total. The van der Waals surface area contributed by atoms with Crippen LogP contribution in [0.4, 0.5) is 0 Å². The Morgan fingerprint density at radius 3 is 2.85 bits per heavy atom. The van der Waals surface area contributed by atoms with Crippen LogP contribution in [0.25, 0.3) is 0 Å². The topological polar surface area (TPSA) is 52.3 Å². The lowest BCUT2D eigenvalue weighted by Gasteiger charge is -2.35. The predicted octanol–water partition coefficient (Wildman–Crippen LogP) is 3.39. The molecular formula is C15H20ClNO2S. The van der Waals surface area contributed by atoms with Gasteiger partial charge in [-0.25, -0.2) is 0 Å². The third-order valence-corrected chi connectivity index (χ3v) is 5.36. The van der Waals surface area contributed by atoms with E-state index in [1.807, 2.05) is 36.0 Å². The number of nitrogens with two attached hydrogens (primary N) is 1. The van der Waals surface area contributed by atoms with Crippen molar-refractivity contribution >= 4 is 29.3 Å². The van der Waals surface area contributed by atoms with Gasteiger partial charge in [0.25, 0.3) is 0 Å². The van der Waals surface area contributed by atoms with Crippen molar-refractivity contribution in [2.45, 2.75) is 42.2 Å². The molecule has 1 fully saturated rings. The van der Waals surface area contributed by atoms with Crippen LogP contribution in [0, 0.1) is 0 Å². The number of carbonyl (C=O) groups is 1. The largest absolute Gasteiger partial charge is 0.468 e. The van der Waals surface area contributed by atoms with Crippen molar-refractivity contribution in [3.8, 4) is 0 Å². The summed E-state index contributed by atoms with van der Waals surface area (Å²) in [5.41, 5.74) is 6.63. The summed E-state index contributed by atoms with van der Waals surface area (Å²) in [5, 5.41) is 1.16. The highest BCUT2D eigenvalue weighted by molar-refractivity contribution is 7.99. The highest BCUT2D eigenvalue weighted by atomic mass is 35.5. The normalized spacial score (nSPS) is 26.2. The molecule has 1 aliphatic carbocycles. The highest BCUT2D eigenvalue weighted by Crippen LogP contribution is 2.35. The molecule has 110 valence electrons. The van der Waals surface area contributed by atoms with Gasteiger partial charge in [0.2, 0.25) is 0 Å². The van der Waals surface area contributed by atoms with Crippen LogP contribution >= 0.6 is 23.4 Å². The van der Waals surface area contributed by atoms with Gasteiger partial charge in [0.15, 0.2) is 0 Å². The summed E-state index contributed by atoms with van der Waals surface area (Å²) >= 11 is 7.73. The minimum atomic E-state index is -0.801. The third kappa shape index (κ3) is 3.90. The summed E-state index contributed by atoms with van der Waals surface area (Å²) < 4.78 is 4.83. The number of carbonyl (C=O) groups excluding carboxylic acids is 1. The van der Waals surface area contributed by atoms with Crippen molar-refractivity contribution in [2.75, 3.05) is 7.11 Å². The summed E-state index contributed by atoms with van der Waals surface area (Å²) in [6.07, 6.45) is 3.49. The molecule has 0 aromatic heterocycles. The van der Waals surface area contributed by atoms with Crippen LogP contribution in [0.2, 0.25) is 5.02 Å². The Morgan fingerprint density at radius 1 is 1.50 bits per heavy atom. The molecule has 20 heavy (non-hydrogen) atoms. The summed E-state index contributed by atoms with van der Waals surface area (Å²) in [5.74, 6) is 0.633. The maximum atomic E-state index is 11.8.